The highest BCUT2D eigenvalue weighted by Gasteiger charge is 2.38. The molecule has 2 N–H and O–H groups in total. The number of nitrogens with zero attached hydrogens (tertiary/aromatic N) is 2. The van der Waals surface area contributed by atoms with Crippen LogP contribution in [0, 0.1) is 5.92 Å². The molecule has 0 spiro atoms. The molecule has 2 rings (SSSR count). The summed E-state index contributed by atoms with van der Waals surface area (Å²) >= 11 is 0. The summed E-state index contributed by atoms with van der Waals surface area (Å²) in [5.41, 5.74) is 7.30. The van der Waals surface area contributed by atoms with Gasteiger partial charge in [-0.3, -0.25) is 9.88 Å². The Hall–Kier alpha value is -0.970. The van der Waals surface area contributed by atoms with Crippen LogP contribution in [0.4, 0.5) is 0 Å². The third kappa shape index (κ3) is 2.71. The van der Waals surface area contributed by atoms with Gasteiger partial charge in [-0.05, 0) is 38.1 Å². The summed E-state index contributed by atoms with van der Waals surface area (Å²) in [5, 5.41) is 0. The second-order valence-corrected chi connectivity index (χ2v) is 5.33. The van der Waals surface area contributed by atoms with Crippen molar-refractivity contribution in [2.45, 2.75) is 25.4 Å². The second-order valence-electron chi connectivity index (χ2n) is 5.33. The smallest absolute Gasteiger partial charge is 0.0513 e. The number of likely N-dealkylation sites (N-methyl/N-ethyl adjacent to an activating group) is 1. The minimum Gasteiger partial charge on any atom is -0.381 e. The highest BCUT2D eigenvalue weighted by molar-refractivity contribution is 5.10. The summed E-state index contributed by atoms with van der Waals surface area (Å²) in [5.74, 6) is 0.523. The zero-order valence-electron chi connectivity index (χ0n) is 11.3. The zero-order valence-corrected chi connectivity index (χ0v) is 11.3. The van der Waals surface area contributed by atoms with Crippen LogP contribution >= 0.6 is 0 Å². The van der Waals surface area contributed by atoms with Crippen molar-refractivity contribution in [1.29, 1.82) is 0 Å². The van der Waals surface area contributed by atoms with Crippen molar-refractivity contribution in [3.05, 3.63) is 30.1 Å². The summed E-state index contributed by atoms with van der Waals surface area (Å²) in [6.45, 7) is 5.49. The molecule has 1 aromatic rings. The molecular weight excluding hydrogens is 226 g/mol. The van der Waals surface area contributed by atoms with E-state index in [1.54, 1.807) is 0 Å². The largest absolute Gasteiger partial charge is 0.381 e. The van der Waals surface area contributed by atoms with Crippen LogP contribution in [0.1, 0.15) is 18.9 Å². The van der Waals surface area contributed by atoms with Gasteiger partial charge >= 0.3 is 0 Å². The van der Waals surface area contributed by atoms with Gasteiger partial charge in [-0.25, -0.2) is 0 Å². The molecule has 0 amide bonds. The van der Waals surface area contributed by atoms with Crippen molar-refractivity contribution >= 4 is 0 Å². The Morgan fingerprint density at radius 1 is 1.50 bits per heavy atom. The average Bonchev–Trinajstić information content (AvgIpc) is 2.93. The number of hydrogen-bond donors (Lipinski definition) is 1. The van der Waals surface area contributed by atoms with Crippen LogP contribution in [0.15, 0.2) is 24.5 Å². The second kappa shape index (κ2) is 5.78. The van der Waals surface area contributed by atoms with Crippen LogP contribution in [-0.2, 0) is 11.3 Å². The third-order valence-electron chi connectivity index (χ3n) is 4.26. The van der Waals surface area contributed by atoms with Crippen LogP contribution in [0.2, 0.25) is 0 Å². The van der Waals surface area contributed by atoms with Gasteiger partial charge in [-0.1, -0.05) is 0 Å². The fourth-order valence-electron chi connectivity index (χ4n) is 2.60. The van der Waals surface area contributed by atoms with Gasteiger partial charge in [0, 0.05) is 43.5 Å². The van der Waals surface area contributed by atoms with Gasteiger partial charge in [0.05, 0.1) is 6.61 Å². The van der Waals surface area contributed by atoms with Gasteiger partial charge in [0.1, 0.15) is 0 Å². The van der Waals surface area contributed by atoms with Gasteiger partial charge in [0.25, 0.3) is 0 Å². The Morgan fingerprint density at radius 2 is 2.22 bits per heavy atom. The van der Waals surface area contributed by atoms with E-state index in [4.69, 9.17) is 10.5 Å². The third-order valence-corrected chi connectivity index (χ3v) is 4.26. The summed E-state index contributed by atoms with van der Waals surface area (Å²) in [6, 6.07) is 4.11. The predicted molar refractivity (Wildman–Crippen MR) is 72.1 cm³/mol. The first kappa shape index (κ1) is 13.5. The Kier molecular flexibility index (Phi) is 4.32. The van der Waals surface area contributed by atoms with E-state index in [-0.39, 0.29) is 5.54 Å². The molecule has 0 saturated carbocycles. The van der Waals surface area contributed by atoms with Gasteiger partial charge in [0.15, 0.2) is 0 Å². The normalized spacial score (nSPS) is 23.2. The molecule has 2 heterocycles. The molecule has 1 saturated heterocycles. The minimum atomic E-state index is -0.000228. The predicted octanol–water partition coefficient (Wildman–Crippen LogP) is 1.27. The van der Waals surface area contributed by atoms with E-state index < -0.39 is 0 Å². The van der Waals surface area contributed by atoms with E-state index in [1.807, 2.05) is 12.4 Å². The number of aromatic nitrogens is 1. The monoisotopic (exact) mass is 249 g/mol. The lowest BCUT2D eigenvalue weighted by molar-refractivity contribution is 0.0609. The molecule has 2 atom stereocenters. The molecule has 0 aliphatic carbocycles. The van der Waals surface area contributed by atoms with Gasteiger partial charge in [-0.2, -0.15) is 0 Å². The standard InChI is InChI=1S/C14H23N3O/c1-14(11-15,13-5-8-18-10-13)17(2)9-12-3-6-16-7-4-12/h3-4,6-7,13H,5,8-11,15H2,1-2H3. The molecule has 1 aliphatic rings. The number of pyridine rings is 1. The maximum absolute atomic E-state index is 6.03. The summed E-state index contributed by atoms with van der Waals surface area (Å²) in [7, 11) is 2.14. The van der Waals surface area contributed by atoms with Crippen LogP contribution < -0.4 is 5.73 Å². The molecular formula is C14H23N3O. The SMILES string of the molecule is CN(Cc1ccncc1)C(C)(CN)C1CCOC1. The zero-order chi connectivity index (χ0) is 13.0. The van der Waals surface area contributed by atoms with Gasteiger partial charge in [0.2, 0.25) is 0 Å². The van der Waals surface area contributed by atoms with Crippen molar-refractivity contribution in [3.8, 4) is 0 Å². The first-order valence-electron chi connectivity index (χ1n) is 6.55. The van der Waals surface area contributed by atoms with Crippen LogP contribution in [-0.4, -0.2) is 42.2 Å². The molecule has 4 heteroatoms. The Labute approximate surface area is 109 Å². The molecule has 0 bridgehead atoms. The van der Waals surface area contributed by atoms with E-state index in [1.165, 1.54) is 5.56 Å². The maximum Gasteiger partial charge on any atom is 0.0513 e. The Bertz CT molecular complexity index is 365. The quantitative estimate of drug-likeness (QED) is 0.854. The fraction of sp³-hybridized carbons (Fsp3) is 0.643. The fourth-order valence-corrected chi connectivity index (χ4v) is 2.60. The lowest BCUT2D eigenvalue weighted by Gasteiger charge is -2.42. The number of nitrogens with two attached hydrogens (primary N) is 1. The molecule has 18 heavy (non-hydrogen) atoms. The molecule has 0 aromatic carbocycles. The molecule has 0 radical (unpaired) electrons. The highest BCUT2D eigenvalue weighted by Crippen LogP contribution is 2.30. The Balaban J connectivity index is 2.07. The van der Waals surface area contributed by atoms with Crippen LogP contribution in [0.5, 0.6) is 0 Å². The first-order valence-corrected chi connectivity index (χ1v) is 6.55. The molecule has 100 valence electrons. The van der Waals surface area contributed by atoms with Crippen molar-refractivity contribution in [2.75, 3.05) is 26.8 Å². The number of rotatable bonds is 5. The molecule has 4 nitrogen and oxygen atoms in total. The van der Waals surface area contributed by atoms with E-state index in [2.05, 4.69) is 36.0 Å². The van der Waals surface area contributed by atoms with E-state index in [0.29, 0.717) is 12.5 Å². The number of ether oxygens (including phenoxy) is 1. The summed E-state index contributed by atoms with van der Waals surface area (Å²) < 4.78 is 5.51. The molecule has 1 fully saturated rings. The lowest BCUT2D eigenvalue weighted by Crippen LogP contribution is -2.54. The van der Waals surface area contributed by atoms with Crippen LogP contribution in [0.25, 0.3) is 0 Å². The van der Waals surface area contributed by atoms with Crippen molar-refractivity contribution in [3.63, 3.8) is 0 Å². The topological polar surface area (TPSA) is 51.4 Å². The van der Waals surface area contributed by atoms with E-state index in [0.717, 1.165) is 26.2 Å². The van der Waals surface area contributed by atoms with E-state index >= 15 is 0 Å². The minimum absolute atomic E-state index is 0.000228. The van der Waals surface area contributed by atoms with Crippen molar-refractivity contribution in [1.82, 2.24) is 9.88 Å². The first-order chi connectivity index (χ1) is 8.66. The Morgan fingerprint density at radius 3 is 2.78 bits per heavy atom. The molecule has 2 unspecified atom stereocenters. The highest BCUT2D eigenvalue weighted by atomic mass is 16.5. The van der Waals surface area contributed by atoms with E-state index in [9.17, 15) is 0 Å². The maximum atomic E-state index is 6.03. The average molecular weight is 249 g/mol. The molecule has 1 aromatic heterocycles. The summed E-state index contributed by atoms with van der Waals surface area (Å²) in [6.07, 6.45) is 4.78. The van der Waals surface area contributed by atoms with Gasteiger partial charge < -0.3 is 10.5 Å². The van der Waals surface area contributed by atoms with Crippen LogP contribution in [0.3, 0.4) is 0 Å². The van der Waals surface area contributed by atoms with Crippen molar-refractivity contribution in [2.24, 2.45) is 11.7 Å². The lowest BCUT2D eigenvalue weighted by atomic mass is 9.83. The number of hydrogen-bond acceptors (Lipinski definition) is 4. The molecule has 1 aliphatic heterocycles. The van der Waals surface area contributed by atoms with Gasteiger partial charge in [-0.15, -0.1) is 0 Å². The van der Waals surface area contributed by atoms with Crippen molar-refractivity contribution < 1.29 is 4.74 Å². The summed E-state index contributed by atoms with van der Waals surface area (Å²) in [4.78, 5) is 6.40.